The lowest BCUT2D eigenvalue weighted by Gasteiger charge is -2.16. The van der Waals surface area contributed by atoms with Gasteiger partial charge in [0, 0.05) is 11.5 Å². The monoisotopic (exact) mass is 414 g/mol. The summed E-state index contributed by atoms with van der Waals surface area (Å²) < 4.78 is 26.9. The Morgan fingerprint density at radius 2 is 1.50 bits per heavy atom. The average molecular weight is 414 g/mol. The molecule has 8 nitrogen and oxygen atoms in total. The predicted octanol–water partition coefficient (Wildman–Crippen LogP) is 3.70. The van der Waals surface area contributed by atoms with E-state index in [4.69, 9.17) is 23.7 Å². The second kappa shape index (κ2) is 8.86. The van der Waals surface area contributed by atoms with Crippen molar-refractivity contribution in [2.24, 2.45) is 0 Å². The topological polar surface area (TPSA) is 91.0 Å². The largest absolute Gasteiger partial charge is 0.496 e. The molecule has 0 bridgehead atoms. The summed E-state index contributed by atoms with van der Waals surface area (Å²) in [7, 11) is 7.81. The third-order valence-corrected chi connectivity index (χ3v) is 4.94. The van der Waals surface area contributed by atoms with Gasteiger partial charge in [0.1, 0.15) is 11.4 Å². The van der Waals surface area contributed by atoms with Gasteiger partial charge in [0.2, 0.25) is 0 Å². The van der Waals surface area contributed by atoms with Crippen LogP contribution < -0.4 is 29.0 Å². The molecule has 0 spiro atoms. The van der Waals surface area contributed by atoms with Crippen LogP contribution in [0.1, 0.15) is 29.0 Å². The van der Waals surface area contributed by atoms with Crippen LogP contribution in [0, 0.1) is 0 Å². The molecule has 1 heterocycles. The molecule has 1 aromatic heterocycles. The maximum absolute atomic E-state index is 12.9. The molecule has 0 radical (unpaired) electrons. The first-order chi connectivity index (χ1) is 14.5. The molecule has 1 atom stereocenters. The van der Waals surface area contributed by atoms with Crippen molar-refractivity contribution in [3.8, 4) is 28.7 Å². The number of aromatic nitrogens is 1. The maximum Gasteiger partial charge on any atom is 0.268 e. The van der Waals surface area contributed by atoms with Crippen LogP contribution in [0.4, 0.5) is 0 Å². The number of fused-ring (bicyclic) bond motifs is 1. The number of aromatic amines is 1. The Labute approximate surface area is 175 Å². The summed E-state index contributed by atoms with van der Waals surface area (Å²) in [5.41, 5.74) is 1.88. The number of methoxy groups -OCH3 is 5. The summed E-state index contributed by atoms with van der Waals surface area (Å²) in [5, 5.41) is 3.71. The Balaban J connectivity index is 1.91. The van der Waals surface area contributed by atoms with Crippen molar-refractivity contribution < 1.29 is 28.5 Å². The second-order valence-corrected chi connectivity index (χ2v) is 6.60. The average Bonchev–Trinajstić information content (AvgIpc) is 3.22. The molecule has 2 aromatic carbocycles. The molecule has 0 aliphatic carbocycles. The molecule has 0 aliphatic heterocycles. The third kappa shape index (κ3) is 3.80. The zero-order valence-electron chi connectivity index (χ0n) is 17.9. The molecule has 3 rings (SSSR count). The Kier molecular flexibility index (Phi) is 6.25. The van der Waals surface area contributed by atoms with Gasteiger partial charge in [-0.2, -0.15) is 0 Å². The third-order valence-electron chi connectivity index (χ3n) is 4.94. The van der Waals surface area contributed by atoms with Crippen LogP contribution in [0.3, 0.4) is 0 Å². The number of ether oxygens (including phenoxy) is 5. The number of H-pyrrole nitrogens is 1. The smallest absolute Gasteiger partial charge is 0.268 e. The Morgan fingerprint density at radius 1 is 0.833 bits per heavy atom. The van der Waals surface area contributed by atoms with Gasteiger partial charge in [0.15, 0.2) is 23.0 Å². The van der Waals surface area contributed by atoms with E-state index in [-0.39, 0.29) is 11.9 Å². The number of benzene rings is 2. The first-order valence-electron chi connectivity index (χ1n) is 9.31. The first-order valence-corrected chi connectivity index (χ1v) is 9.31. The minimum atomic E-state index is -0.267. The fraction of sp³-hybridized carbons (Fsp3) is 0.318. The molecule has 1 unspecified atom stereocenters. The van der Waals surface area contributed by atoms with Crippen LogP contribution in [-0.4, -0.2) is 46.4 Å². The van der Waals surface area contributed by atoms with Crippen LogP contribution in [-0.2, 0) is 0 Å². The number of hydrogen-bond acceptors (Lipinski definition) is 6. The molecular formula is C22H26N2O6. The van der Waals surface area contributed by atoms with Crippen molar-refractivity contribution in [1.82, 2.24) is 10.3 Å². The SMILES string of the molecule is COc1ccc(C(C)NC(=O)c2cc3c(OC)cc(OC)c(OC)c3[nH]2)cc1OC. The van der Waals surface area contributed by atoms with Crippen molar-refractivity contribution in [3.63, 3.8) is 0 Å². The quantitative estimate of drug-likeness (QED) is 0.584. The zero-order chi connectivity index (χ0) is 21.8. The van der Waals surface area contributed by atoms with Crippen LogP contribution >= 0.6 is 0 Å². The van der Waals surface area contributed by atoms with E-state index in [9.17, 15) is 4.79 Å². The predicted molar refractivity (Wildman–Crippen MR) is 113 cm³/mol. The van der Waals surface area contributed by atoms with E-state index in [1.54, 1.807) is 47.7 Å². The number of rotatable bonds is 8. The lowest BCUT2D eigenvalue weighted by atomic mass is 10.1. The van der Waals surface area contributed by atoms with Gasteiger partial charge in [-0.3, -0.25) is 4.79 Å². The molecule has 2 N–H and O–H groups in total. The first kappa shape index (κ1) is 21.2. The van der Waals surface area contributed by atoms with E-state index in [1.807, 2.05) is 25.1 Å². The van der Waals surface area contributed by atoms with Gasteiger partial charge in [0.25, 0.3) is 5.91 Å². The number of carbonyl (C=O) groups is 1. The van der Waals surface area contributed by atoms with E-state index in [2.05, 4.69) is 10.3 Å². The molecule has 0 fully saturated rings. The van der Waals surface area contributed by atoms with Crippen LogP contribution in [0.5, 0.6) is 28.7 Å². The van der Waals surface area contributed by atoms with Gasteiger partial charge in [-0.05, 0) is 30.7 Å². The van der Waals surface area contributed by atoms with Crippen molar-refractivity contribution in [1.29, 1.82) is 0 Å². The van der Waals surface area contributed by atoms with Gasteiger partial charge in [0.05, 0.1) is 47.1 Å². The highest BCUT2D eigenvalue weighted by Gasteiger charge is 2.21. The Morgan fingerprint density at radius 3 is 2.10 bits per heavy atom. The lowest BCUT2D eigenvalue weighted by molar-refractivity contribution is 0.0935. The Hall–Kier alpha value is -3.55. The zero-order valence-corrected chi connectivity index (χ0v) is 17.9. The summed E-state index contributed by atoms with van der Waals surface area (Å²) in [6.45, 7) is 1.89. The number of nitrogens with one attached hydrogen (secondary N) is 2. The maximum atomic E-state index is 12.9. The molecule has 3 aromatic rings. The standard InChI is InChI=1S/C22H26N2O6/c1-12(13-7-8-16(26-2)18(9-13)28-4)23-22(25)15-10-14-17(27-3)11-19(29-5)21(30-6)20(14)24-15/h7-12,24H,1-6H3,(H,23,25). The van der Waals surface area contributed by atoms with Crippen LogP contribution in [0.25, 0.3) is 10.9 Å². The summed E-state index contributed by atoms with van der Waals surface area (Å²) in [5.74, 6) is 2.55. The van der Waals surface area contributed by atoms with Gasteiger partial charge in [-0.25, -0.2) is 0 Å². The highest BCUT2D eigenvalue weighted by molar-refractivity contribution is 6.02. The molecule has 8 heteroatoms. The fourth-order valence-corrected chi connectivity index (χ4v) is 3.34. The number of amides is 1. The van der Waals surface area contributed by atoms with E-state index < -0.39 is 0 Å². The Bertz CT molecular complexity index is 1060. The molecule has 0 aliphatic rings. The van der Waals surface area contributed by atoms with Crippen molar-refractivity contribution in [2.75, 3.05) is 35.5 Å². The molecule has 0 saturated carbocycles. The van der Waals surface area contributed by atoms with Gasteiger partial charge >= 0.3 is 0 Å². The van der Waals surface area contributed by atoms with E-state index in [0.717, 1.165) is 10.9 Å². The minimum Gasteiger partial charge on any atom is -0.496 e. The molecule has 160 valence electrons. The summed E-state index contributed by atoms with van der Waals surface area (Å²) in [6, 6.07) is 8.72. The summed E-state index contributed by atoms with van der Waals surface area (Å²) in [4.78, 5) is 16.0. The lowest BCUT2D eigenvalue weighted by Crippen LogP contribution is -2.26. The van der Waals surface area contributed by atoms with Crippen molar-refractivity contribution in [3.05, 3.63) is 41.6 Å². The van der Waals surface area contributed by atoms with Crippen molar-refractivity contribution in [2.45, 2.75) is 13.0 Å². The normalized spacial score (nSPS) is 11.7. The second-order valence-electron chi connectivity index (χ2n) is 6.60. The van der Waals surface area contributed by atoms with E-state index in [1.165, 1.54) is 0 Å². The van der Waals surface area contributed by atoms with Gasteiger partial charge in [-0.15, -0.1) is 0 Å². The van der Waals surface area contributed by atoms with Gasteiger partial charge in [-0.1, -0.05) is 6.07 Å². The molecular weight excluding hydrogens is 388 g/mol. The van der Waals surface area contributed by atoms with Crippen LogP contribution in [0.15, 0.2) is 30.3 Å². The highest BCUT2D eigenvalue weighted by atomic mass is 16.5. The van der Waals surface area contributed by atoms with Crippen molar-refractivity contribution >= 4 is 16.8 Å². The van der Waals surface area contributed by atoms with Crippen LogP contribution in [0.2, 0.25) is 0 Å². The van der Waals surface area contributed by atoms with E-state index >= 15 is 0 Å². The summed E-state index contributed by atoms with van der Waals surface area (Å²) in [6.07, 6.45) is 0. The van der Waals surface area contributed by atoms with Gasteiger partial charge < -0.3 is 34.0 Å². The summed E-state index contributed by atoms with van der Waals surface area (Å²) >= 11 is 0. The number of hydrogen-bond donors (Lipinski definition) is 2. The number of carbonyl (C=O) groups excluding carboxylic acids is 1. The molecule has 1 amide bonds. The molecule has 0 saturated heterocycles. The van der Waals surface area contributed by atoms with E-state index in [0.29, 0.717) is 40.0 Å². The minimum absolute atomic E-state index is 0.262. The molecule has 30 heavy (non-hydrogen) atoms. The fourth-order valence-electron chi connectivity index (χ4n) is 3.34. The highest BCUT2D eigenvalue weighted by Crippen LogP contribution is 2.41.